The van der Waals surface area contributed by atoms with Crippen LogP contribution in [0.5, 0.6) is 0 Å². The third-order valence-corrected chi connectivity index (χ3v) is 4.33. The van der Waals surface area contributed by atoms with E-state index in [0.717, 1.165) is 25.2 Å². The Hall–Kier alpha value is -0.0800. The molecule has 1 N–H and O–H groups in total. The number of nitrogens with one attached hydrogen (secondary N) is 1. The van der Waals surface area contributed by atoms with Crippen molar-refractivity contribution in [2.24, 2.45) is 11.3 Å². The summed E-state index contributed by atoms with van der Waals surface area (Å²) in [6, 6.07) is 0.756. The van der Waals surface area contributed by atoms with Gasteiger partial charge in [0.05, 0.1) is 0 Å². The summed E-state index contributed by atoms with van der Waals surface area (Å²) < 4.78 is 5.51. The molecule has 1 unspecified atom stereocenters. The predicted octanol–water partition coefficient (Wildman–Crippen LogP) is 2.19. The van der Waals surface area contributed by atoms with Gasteiger partial charge < -0.3 is 10.1 Å². The van der Waals surface area contributed by atoms with E-state index in [1.54, 1.807) is 0 Å². The largest absolute Gasteiger partial charge is 0.381 e. The van der Waals surface area contributed by atoms with Crippen LogP contribution in [0.2, 0.25) is 0 Å². The highest BCUT2D eigenvalue weighted by Gasteiger charge is 2.43. The first-order chi connectivity index (χ1) is 6.76. The number of ether oxygens (including phenoxy) is 1. The molecule has 0 radical (unpaired) electrons. The number of rotatable bonds is 2. The van der Waals surface area contributed by atoms with Gasteiger partial charge in [0, 0.05) is 19.3 Å². The van der Waals surface area contributed by atoms with Crippen LogP contribution < -0.4 is 5.32 Å². The maximum Gasteiger partial charge on any atom is 0.0472 e. The van der Waals surface area contributed by atoms with E-state index in [-0.39, 0.29) is 0 Å². The summed E-state index contributed by atoms with van der Waals surface area (Å²) in [4.78, 5) is 0. The number of hydrogen-bond donors (Lipinski definition) is 1. The van der Waals surface area contributed by atoms with Crippen LogP contribution in [0.25, 0.3) is 0 Å². The summed E-state index contributed by atoms with van der Waals surface area (Å²) in [5.74, 6) is 0.780. The van der Waals surface area contributed by atoms with Crippen molar-refractivity contribution in [3.05, 3.63) is 0 Å². The normalized spacial score (nSPS) is 32.4. The van der Waals surface area contributed by atoms with Gasteiger partial charge in [0.2, 0.25) is 0 Å². The lowest BCUT2D eigenvalue weighted by atomic mass is 9.66. The Morgan fingerprint density at radius 1 is 1.29 bits per heavy atom. The van der Waals surface area contributed by atoms with Crippen LogP contribution in [0.3, 0.4) is 0 Å². The van der Waals surface area contributed by atoms with Crippen molar-refractivity contribution in [2.45, 2.75) is 45.6 Å². The maximum absolute atomic E-state index is 5.51. The molecule has 1 atom stereocenters. The summed E-state index contributed by atoms with van der Waals surface area (Å²) in [5.41, 5.74) is 0.523. The van der Waals surface area contributed by atoms with E-state index >= 15 is 0 Å². The van der Waals surface area contributed by atoms with Crippen LogP contribution in [0.1, 0.15) is 39.5 Å². The molecular formula is C12H23NO. The average molecular weight is 197 g/mol. The second kappa shape index (κ2) is 4.19. The molecule has 14 heavy (non-hydrogen) atoms. The van der Waals surface area contributed by atoms with Crippen LogP contribution in [0.4, 0.5) is 0 Å². The molecule has 0 bridgehead atoms. The molecule has 82 valence electrons. The minimum Gasteiger partial charge on any atom is -0.381 e. The lowest BCUT2D eigenvalue weighted by Gasteiger charge is -2.45. The van der Waals surface area contributed by atoms with Gasteiger partial charge in [-0.2, -0.15) is 0 Å². The lowest BCUT2D eigenvalue weighted by Crippen LogP contribution is -2.48. The SMILES string of the molecule is CC(C)C1(C2CCCN2)CCOCC1. The highest BCUT2D eigenvalue weighted by Crippen LogP contribution is 2.43. The van der Waals surface area contributed by atoms with Gasteiger partial charge in [-0.15, -0.1) is 0 Å². The minimum absolute atomic E-state index is 0.523. The van der Waals surface area contributed by atoms with Gasteiger partial charge in [0.25, 0.3) is 0 Å². The molecule has 0 aromatic heterocycles. The zero-order chi connectivity index (χ0) is 10.0. The van der Waals surface area contributed by atoms with E-state index < -0.39 is 0 Å². The highest BCUT2D eigenvalue weighted by atomic mass is 16.5. The third-order valence-electron chi connectivity index (χ3n) is 4.33. The Morgan fingerprint density at radius 2 is 2.00 bits per heavy atom. The summed E-state index contributed by atoms with van der Waals surface area (Å²) in [6.07, 6.45) is 5.24. The Balaban J connectivity index is 2.11. The van der Waals surface area contributed by atoms with Crippen LogP contribution in [0, 0.1) is 11.3 Å². The summed E-state index contributed by atoms with van der Waals surface area (Å²) >= 11 is 0. The molecule has 0 saturated carbocycles. The third kappa shape index (κ3) is 1.70. The fraction of sp³-hybridized carbons (Fsp3) is 1.00. The van der Waals surface area contributed by atoms with Gasteiger partial charge in [-0.25, -0.2) is 0 Å². The molecule has 0 aromatic rings. The summed E-state index contributed by atoms with van der Waals surface area (Å²) in [5, 5.41) is 3.69. The Morgan fingerprint density at radius 3 is 2.50 bits per heavy atom. The molecule has 2 rings (SSSR count). The minimum atomic E-state index is 0.523. The molecule has 0 spiro atoms. The predicted molar refractivity (Wildman–Crippen MR) is 58.3 cm³/mol. The van der Waals surface area contributed by atoms with Crippen molar-refractivity contribution in [3.8, 4) is 0 Å². The van der Waals surface area contributed by atoms with Crippen molar-refractivity contribution in [1.29, 1.82) is 0 Å². The molecule has 2 aliphatic rings. The molecular weight excluding hydrogens is 174 g/mol. The van der Waals surface area contributed by atoms with E-state index in [1.165, 1.54) is 32.2 Å². The molecule has 2 heteroatoms. The van der Waals surface area contributed by atoms with E-state index in [9.17, 15) is 0 Å². The zero-order valence-corrected chi connectivity index (χ0v) is 9.51. The van der Waals surface area contributed by atoms with Gasteiger partial charge >= 0.3 is 0 Å². The van der Waals surface area contributed by atoms with E-state index in [0.29, 0.717) is 5.41 Å². The fourth-order valence-corrected chi connectivity index (χ4v) is 3.25. The van der Waals surface area contributed by atoms with Crippen molar-refractivity contribution in [1.82, 2.24) is 5.32 Å². The van der Waals surface area contributed by atoms with E-state index in [1.807, 2.05) is 0 Å². The highest BCUT2D eigenvalue weighted by molar-refractivity contribution is 4.97. The lowest BCUT2D eigenvalue weighted by molar-refractivity contribution is -0.0296. The van der Waals surface area contributed by atoms with Gasteiger partial charge in [-0.3, -0.25) is 0 Å². The Kier molecular flexibility index (Phi) is 3.13. The molecule has 2 nitrogen and oxygen atoms in total. The molecule has 0 aliphatic carbocycles. The second-order valence-electron chi connectivity index (χ2n) is 5.15. The molecule has 2 heterocycles. The van der Waals surface area contributed by atoms with Gasteiger partial charge in [-0.05, 0) is 43.6 Å². The van der Waals surface area contributed by atoms with E-state index in [2.05, 4.69) is 19.2 Å². The summed E-state index contributed by atoms with van der Waals surface area (Å²) in [7, 11) is 0. The molecule has 2 fully saturated rings. The first-order valence-corrected chi connectivity index (χ1v) is 6.07. The van der Waals surface area contributed by atoms with Crippen LogP contribution in [-0.2, 0) is 4.74 Å². The molecule has 0 aromatic carbocycles. The van der Waals surface area contributed by atoms with Crippen LogP contribution in [0.15, 0.2) is 0 Å². The van der Waals surface area contributed by atoms with Crippen molar-refractivity contribution < 1.29 is 4.74 Å². The van der Waals surface area contributed by atoms with Gasteiger partial charge in [0.1, 0.15) is 0 Å². The molecule has 0 amide bonds. The van der Waals surface area contributed by atoms with Gasteiger partial charge in [-0.1, -0.05) is 13.8 Å². The van der Waals surface area contributed by atoms with Crippen molar-refractivity contribution in [3.63, 3.8) is 0 Å². The molecule has 2 aliphatic heterocycles. The first-order valence-electron chi connectivity index (χ1n) is 6.07. The monoisotopic (exact) mass is 197 g/mol. The average Bonchev–Trinajstić information content (AvgIpc) is 2.72. The van der Waals surface area contributed by atoms with E-state index in [4.69, 9.17) is 4.74 Å². The number of hydrogen-bond acceptors (Lipinski definition) is 2. The summed E-state index contributed by atoms with van der Waals surface area (Å²) in [6.45, 7) is 7.92. The second-order valence-corrected chi connectivity index (χ2v) is 5.15. The molecule has 2 saturated heterocycles. The Bertz CT molecular complexity index is 179. The van der Waals surface area contributed by atoms with Crippen LogP contribution >= 0.6 is 0 Å². The maximum atomic E-state index is 5.51. The van der Waals surface area contributed by atoms with Gasteiger partial charge in [0.15, 0.2) is 0 Å². The Labute approximate surface area is 87.4 Å². The zero-order valence-electron chi connectivity index (χ0n) is 9.51. The first kappa shape index (κ1) is 10.4. The smallest absolute Gasteiger partial charge is 0.0472 e. The topological polar surface area (TPSA) is 21.3 Å². The standard InChI is InChI=1S/C12H23NO/c1-10(2)12(5-8-14-9-6-12)11-4-3-7-13-11/h10-11,13H,3-9H2,1-2H3. The quantitative estimate of drug-likeness (QED) is 0.732. The fourth-order valence-electron chi connectivity index (χ4n) is 3.25. The van der Waals surface area contributed by atoms with Crippen LogP contribution in [-0.4, -0.2) is 25.8 Å². The van der Waals surface area contributed by atoms with Crippen molar-refractivity contribution in [2.75, 3.05) is 19.8 Å². The van der Waals surface area contributed by atoms with Crippen molar-refractivity contribution >= 4 is 0 Å².